The van der Waals surface area contributed by atoms with E-state index in [1.807, 2.05) is 40.0 Å². The van der Waals surface area contributed by atoms with Gasteiger partial charge in [-0.05, 0) is 37.0 Å². The molecule has 2 aliphatic heterocycles. The number of aromatic nitrogens is 2. The number of fused-ring (bicyclic) bond motifs is 1. The van der Waals surface area contributed by atoms with Crippen LogP contribution < -0.4 is 9.47 Å². The van der Waals surface area contributed by atoms with Crippen LogP contribution in [0.2, 0.25) is 0 Å². The summed E-state index contributed by atoms with van der Waals surface area (Å²) in [6.45, 7) is 2.00. The van der Waals surface area contributed by atoms with E-state index < -0.39 is 0 Å². The highest BCUT2D eigenvalue weighted by atomic mass is 16.5. The Kier molecular flexibility index (Phi) is 4.34. The number of carbonyl (C=O) groups excluding carboxylic acids is 1. The summed E-state index contributed by atoms with van der Waals surface area (Å²) in [5.74, 6) is 1.59. The monoisotopic (exact) mass is 341 g/mol. The Morgan fingerprint density at radius 1 is 1.40 bits per heavy atom. The number of benzene rings is 1. The first kappa shape index (κ1) is 16.0. The molecule has 6 nitrogen and oxygen atoms in total. The van der Waals surface area contributed by atoms with E-state index >= 15 is 0 Å². The minimum atomic E-state index is -0.127. The van der Waals surface area contributed by atoms with Gasteiger partial charge in [0.25, 0.3) is 0 Å². The highest BCUT2D eigenvalue weighted by Gasteiger charge is 2.36. The van der Waals surface area contributed by atoms with Crippen LogP contribution in [0, 0.1) is 5.92 Å². The van der Waals surface area contributed by atoms with Gasteiger partial charge in [-0.3, -0.25) is 9.48 Å². The standard InChI is InChI=1S/C19H23N3O3/c1-24-17-7-2-5-14-11-15(13-25-18(14)17)19(23)22-10-3-6-16(22)12-21-9-4-8-20-21/h2,4-5,7-9,15-16H,3,6,10-13H2,1H3/t15-,16-/m0/s1. The van der Waals surface area contributed by atoms with Gasteiger partial charge in [-0.25, -0.2) is 0 Å². The van der Waals surface area contributed by atoms with Crippen molar-refractivity contribution in [1.82, 2.24) is 14.7 Å². The van der Waals surface area contributed by atoms with Crippen molar-refractivity contribution >= 4 is 5.91 Å². The van der Waals surface area contributed by atoms with Crippen LogP contribution in [0.4, 0.5) is 0 Å². The summed E-state index contributed by atoms with van der Waals surface area (Å²) < 4.78 is 13.2. The van der Waals surface area contributed by atoms with E-state index in [1.54, 1.807) is 13.3 Å². The number of rotatable bonds is 4. The topological polar surface area (TPSA) is 56.6 Å². The molecule has 2 atom stereocenters. The molecular weight excluding hydrogens is 318 g/mol. The van der Waals surface area contributed by atoms with Crippen LogP contribution in [-0.4, -0.2) is 46.9 Å². The Hall–Kier alpha value is -2.50. The third-order valence-corrected chi connectivity index (χ3v) is 5.14. The maximum atomic E-state index is 13.1. The second-order valence-electron chi connectivity index (χ2n) is 6.72. The van der Waals surface area contributed by atoms with E-state index in [0.29, 0.717) is 13.0 Å². The average molecular weight is 341 g/mol. The molecule has 1 saturated heterocycles. The van der Waals surface area contributed by atoms with Crippen LogP contribution in [0.1, 0.15) is 18.4 Å². The normalized spacial score (nSPS) is 22.4. The van der Waals surface area contributed by atoms with E-state index in [0.717, 1.165) is 43.0 Å². The molecule has 1 aromatic heterocycles. The molecule has 1 aromatic carbocycles. The number of ether oxygens (including phenoxy) is 2. The molecule has 6 heteroatoms. The average Bonchev–Trinajstić information content (AvgIpc) is 3.32. The molecule has 0 N–H and O–H groups in total. The largest absolute Gasteiger partial charge is 0.493 e. The Morgan fingerprint density at radius 2 is 2.32 bits per heavy atom. The zero-order chi connectivity index (χ0) is 17.2. The number of amides is 1. The van der Waals surface area contributed by atoms with Gasteiger partial charge >= 0.3 is 0 Å². The van der Waals surface area contributed by atoms with Crippen LogP contribution in [0.15, 0.2) is 36.7 Å². The molecule has 1 fully saturated rings. The Balaban J connectivity index is 1.47. The van der Waals surface area contributed by atoms with E-state index in [-0.39, 0.29) is 17.9 Å². The predicted molar refractivity (Wildman–Crippen MR) is 92.6 cm³/mol. The number of methoxy groups -OCH3 is 1. The lowest BCUT2D eigenvalue weighted by atomic mass is 9.95. The Bertz CT molecular complexity index is 744. The minimum absolute atomic E-state index is 0.127. The van der Waals surface area contributed by atoms with Crippen LogP contribution in [0.3, 0.4) is 0 Å². The minimum Gasteiger partial charge on any atom is -0.493 e. The number of carbonyl (C=O) groups is 1. The zero-order valence-electron chi connectivity index (χ0n) is 14.4. The van der Waals surface area contributed by atoms with Crippen molar-refractivity contribution in [2.24, 2.45) is 5.92 Å². The zero-order valence-corrected chi connectivity index (χ0v) is 14.4. The smallest absolute Gasteiger partial charge is 0.229 e. The molecule has 2 aliphatic rings. The van der Waals surface area contributed by atoms with Gasteiger partial charge < -0.3 is 14.4 Å². The maximum absolute atomic E-state index is 13.1. The van der Waals surface area contributed by atoms with Gasteiger partial charge in [0.2, 0.25) is 5.91 Å². The van der Waals surface area contributed by atoms with Crippen molar-refractivity contribution in [3.63, 3.8) is 0 Å². The summed E-state index contributed by atoms with van der Waals surface area (Å²) >= 11 is 0. The van der Waals surface area contributed by atoms with Gasteiger partial charge in [-0.2, -0.15) is 5.10 Å². The lowest BCUT2D eigenvalue weighted by Crippen LogP contribution is -2.44. The molecule has 0 radical (unpaired) electrons. The summed E-state index contributed by atoms with van der Waals surface area (Å²) in [7, 11) is 1.64. The maximum Gasteiger partial charge on any atom is 0.229 e. The van der Waals surface area contributed by atoms with Gasteiger partial charge in [0, 0.05) is 18.9 Å². The molecule has 0 unspecified atom stereocenters. The van der Waals surface area contributed by atoms with Gasteiger partial charge in [0.1, 0.15) is 6.61 Å². The van der Waals surface area contributed by atoms with Crippen LogP contribution in [0.5, 0.6) is 11.5 Å². The molecule has 132 valence electrons. The van der Waals surface area contributed by atoms with Crippen molar-refractivity contribution in [3.8, 4) is 11.5 Å². The van der Waals surface area contributed by atoms with E-state index in [9.17, 15) is 4.79 Å². The molecule has 25 heavy (non-hydrogen) atoms. The van der Waals surface area contributed by atoms with Gasteiger partial charge in [-0.15, -0.1) is 0 Å². The number of para-hydroxylation sites is 1. The lowest BCUT2D eigenvalue weighted by molar-refractivity contribution is -0.138. The van der Waals surface area contributed by atoms with Crippen molar-refractivity contribution in [2.45, 2.75) is 31.8 Å². The summed E-state index contributed by atoms with van der Waals surface area (Å²) in [6, 6.07) is 7.99. The molecule has 0 aliphatic carbocycles. The number of nitrogens with zero attached hydrogens (tertiary/aromatic N) is 3. The fourth-order valence-corrected chi connectivity index (χ4v) is 3.89. The second kappa shape index (κ2) is 6.78. The number of likely N-dealkylation sites (tertiary alicyclic amines) is 1. The van der Waals surface area contributed by atoms with Crippen molar-refractivity contribution in [1.29, 1.82) is 0 Å². The summed E-state index contributed by atoms with van der Waals surface area (Å²) in [5.41, 5.74) is 1.05. The van der Waals surface area contributed by atoms with E-state index in [4.69, 9.17) is 9.47 Å². The number of hydrogen-bond acceptors (Lipinski definition) is 4. The van der Waals surface area contributed by atoms with Crippen molar-refractivity contribution in [3.05, 3.63) is 42.2 Å². The van der Waals surface area contributed by atoms with Gasteiger partial charge in [0.05, 0.1) is 25.6 Å². The molecule has 0 spiro atoms. The van der Waals surface area contributed by atoms with Gasteiger partial charge in [0.15, 0.2) is 11.5 Å². The summed E-state index contributed by atoms with van der Waals surface area (Å²) in [4.78, 5) is 15.1. The molecule has 1 amide bonds. The molecule has 2 aromatic rings. The summed E-state index contributed by atoms with van der Waals surface area (Å²) in [6.07, 6.45) is 6.52. The van der Waals surface area contributed by atoms with Crippen molar-refractivity contribution < 1.29 is 14.3 Å². The fraction of sp³-hybridized carbons (Fsp3) is 0.474. The highest BCUT2D eigenvalue weighted by Crippen LogP contribution is 2.37. The molecule has 4 rings (SSSR count). The predicted octanol–water partition coefficient (Wildman–Crippen LogP) is 2.13. The van der Waals surface area contributed by atoms with E-state index in [1.165, 1.54) is 0 Å². The summed E-state index contributed by atoms with van der Waals surface area (Å²) in [5, 5.41) is 4.27. The van der Waals surface area contributed by atoms with Gasteiger partial charge in [-0.1, -0.05) is 12.1 Å². The Morgan fingerprint density at radius 3 is 3.12 bits per heavy atom. The second-order valence-corrected chi connectivity index (χ2v) is 6.72. The molecule has 0 bridgehead atoms. The van der Waals surface area contributed by atoms with Crippen molar-refractivity contribution in [2.75, 3.05) is 20.3 Å². The van der Waals surface area contributed by atoms with Crippen LogP contribution >= 0.6 is 0 Å². The first-order valence-corrected chi connectivity index (χ1v) is 8.83. The quantitative estimate of drug-likeness (QED) is 0.855. The fourth-order valence-electron chi connectivity index (χ4n) is 3.89. The molecule has 0 saturated carbocycles. The lowest BCUT2D eigenvalue weighted by Gasteiger charge is -2.32. The SMILES string of the molecule is COc1cccc2c1OC[C@@H](C(=O)N1CCC[C@H]1Cn1cccn1)C2. The first-order chi connectivity index (χ1) is 12.3. The van der Waals surface area contributed by atoms with E-state index in [2.05, 4.69) is 5.10 Å². The van der Waals surface area contributed by atoms with Crippen LogP contribution in [-0.2, 0) is 17.8 Å². The first-order valence-electron chi connectivity index (χ1n) is 8.83. The third kappa shape index (κ3) is 3.08. The Labute approximate surface area is 147 Å². The van der Waals surface area contributed by atoms with Crippen LogP contribution in [0.25, 0.3) is 0 Å². The number of hydrogen-bond donors (Lipinski definition) is 0. The molecular formula is C19H23N3O3. The highest BCUT2D eigenvalue weighted by molar-refractivity contribution is 5.80. The molecule has 3 heterocycles. The third-order valence-electron chi connectivity index (χ3n) is 5.14.